The molecule has 2 aromatic heterocycles. The summed E-state index contributed by atoms with van der Waals surface area (Å²) in [7, 11) is 0. The van der Waals surface area contributed by atoms with Crippen molar-refractivity contribution in [2.45, 2.75) is 44.9 Å². The number of anilines is 2. The van der Waals surface area contributed by atoms with Crippen molar-refractivity contribution < 1.29 is 0 Å². The molecule has 9 aromatic rings. The van der Waals surface area contributed by atoms with Crippen LogP contribution in [0.4, 0.5) is 11.4 Å². The molecule has 3 aliphatic rings. The van der Waals surface area contributed by atoms with Crippen molar-refractivity contribution in [1.82, 2.24) is 0 Å². The zero-order chi connectivity index (χ0) is 37.4. The Kier molecular flexibility index (Phi) is 6.76. The highest BCUT2D eigenvalue weighted by Gasteiger charge is 2.42. The van der Waals surface area contributed by atoms with Crippen LogP contribution < -0.4 is 4.90 Å². The molecule has 7 aromatic carbocycles. The fourth-order valence-corrected chi connectivity index (χ4v) is 13.1. The number of allylic oxidation sites excluding steroid dienone is 4. The molecule has 3 heteroatoms. The molecule has 3 heterocycles. The van der Waals surface area contributed by atoms with E-state index in [1.165, 1.54) is 113 Å². The molecule has 268 valence electrons. The van der Waals surface area contributed by atoms with Crippen molar-refractivity contribution in [2.24, 2.45) is 0 Å². The van der Waals surface area contributed by atoms with Gasteiger partial charge < -0.3 is 4.90 Å². The normalized spacial score (nSPS) is 18.8. The van der Waals surface area contributed by atoms with Crippen LogP contribution in [-0.2, 0) is 5.41 Å². The summed E-state index contributed by atoms with van der Waals surface area (Å²) in [5.41, 5.74) is 17.8. The molecule has 0 saturated carbocycles. The second kappa shape index (κ2) is 11.6. The van der Waals surface area contributed by atoms with Gasteiger partial charge in [-0.1, -0.05) is 130 Å². The van der Waals surface area contributed by atoms with Crippen LogP contribution in [0.3, 0.4) is 0 Å². The summed E-state index contributed by atoms with van der Waals surface area (Å²) >= 11 is 3.90. The van der Waals surface area contributed by atoms with Crippen LogP contribution in [0.2, 0.25) is 0 Å². The van der Waals surface area contributed by atoms with E-state index in [0.717, 1.165) is 0 Å². The summed E-state index contributed by atoms with van der Waals surface area (Å²) in [5.74, 6) is 0.420. The van der Waals surface area contributed by atoms with E-state index in [4.69, 9.17) is 0 Å². The molecule has 0 spiro atoms. The summed E-state index contributed by atoms with van der Waals surface area (Å²) in [6.45, 7) is 9.71. The summed E-state index contributed by atoms with van der Waals surface area (Å²) in [6, 6.07) is 54.7. The lowest BCUT2D eigenvalue weighted by Gasteiger charge is -2.28. The van der Waals surface area contributed by atoms with E-state index in [0.29, 0.717) is 0 Å². The minimum Gasteiger partial charge on any atom is -0.313 e. The zero-order valence-electron chi connectivity index (χ0n) is 31.9. The summed E-state index contributed by atoms with van der Waals surface area (Å²) in [4.78, 5) is 2.54. The molecule has 12 rings (SSSR count). The van der Waals surface area contributed by atoms with E-state index >= 15 is 0 Å². The predicted molar refractivity (Wildman–Crippen MR) is 242 cm³/mol. The van der Waals surface area contributed by atoms with Crippen molar-refractivity contribution in [3.05, 3.63) is 196 Å². The molecule has 0 radical (unpaired) electrons. The van der Waals surface area contributed by atoms with Gasteiger partial charge in [-0.05, 0) is 93.9 Å². The summed E-state index contributed by atoms with van der Waals surface area (Å²) in [6.07, 6.45) is 2.57. The number of hydrogen-bond donors (Lipinski definition) is 0. The average Bonchev–Trinajstić information content (AvgIpc) is 3.99. The van der Waals surface area contributed by atoms with Gasteiger partial charge in [-0.3, -0.25) is 0 Å². The molecule has 2 aliphatic carbocycles. The Labute approximate surface area is 335 Å². The van der Waals surface area contributed by atoms with Crippen LogP contribution in [0.5, 0.6) is 0 Å². The first-order valence-corrected chi connectivity index (χ1v) is 21.4. The maximum absolute atomic E-state index is 2.60. The van der Waals surface area contributed by atoms with E-state index in [1.807, 2.05) is 22.7 Å². The lowest BCUT2D eigenvalue weighted by molar-refractivity contribution is 0.650. The minimum atomic E-state index is -0.186. The van der Waals surface area contributed by atoms with Crippen molar-refractivity contribution in [2.75, 3.05) is 4.90 Å². The average molecular weight is 754 g/mol. The summed E-state index contributed by atoms with van der Waals surface area (Å²) in [5, 5.41) is 5.44. The molecule has 0 fully saturated rings. The molecule has 0 saturated heterocycles. The number of thiophene rings is 2. The molecule has 1 unspecified atom stereocenters. The first-order chi connectivity index (χ1) is 27.4. The number of rotatable bonds is 3. The van der Waals surface area contributed by atoms with Gasteiger partial charge in [0.25, 0.3) is 0 Å². The van der Waals surface area contributed by atoms with Crippen LogP contribution >= 0.6 is 22.7 Å². The molecule has 0 N–H and O–H groups in total. The standard InChI is InChI=1S/C53H39NS2/c1-30-39-27-40-41(49(32-15-7-5-8-16-32)38-24-23-36-34-19-11-14-22-47(34)56-52(36)50(38)40)28-43(39)53(3,4)42(30)29-45-31(2)48-44(54(45)33-17-9-6-10-18-33)26-25-37-35-20-12-13-21-46(35)55-51(37)48/h5-29,31,49H,1-4H3/b45-29+/t31?,49-/m1/s1. The number of hydrogen-bond acceptors (Lipinski definition) is 3. The van der Waals surface area contributed by atoms with E-state index in [-0.39, 0.29) is 17.3 Å². The van der Waals surface area contributed by atoms with Gasteiger partial charge in [0.05, 0.1) is 5.69 Å². The van der Waals surface area contributed by atoms with E-state index < -0.39 is 0 Å². The molecular formula is C53H39NS2. The third-order valence-electron chi connectivity index (χ3n) is 13.2. The Balaban J connectivity index is 1.07. The highest BCUT2D eigenvalue weighted by atomic mass is 32.1. The first-order valence-electron chi connectivity index (χ1n) is 19.8. The van der Waals surface area contributed by atoms with Gasteiger partial charge in [-0.25, -0.2) is 0 Å². The molecule has 1 nitrogen and oxygen atoms in total. The topological polar surface area (TPSA) is 3.24 Å². The van der Waals surface area contributed by atoms with Gasteiger partial charge >= 0.3 is 0 Å². The van der Waals surface area contributed by atoms with Gasteiger partial charge in [-0.15, -0.1) is 22.7 Å². The lowest BCUT2D eigenvalue weighted by atomic mass is 9.78. The van der Waals surface area contributed by atoms with Gasteiger partial charge in [-0.2, -0.15) is 0 Å². The van der Waals surface area contributed by atoms with Crippen molar-refractivity contribution >= 4 is 80.0 Å². The Hall–Kier alpha value is -5.74. The lowest BCUT2D eigenvalue weighted by Crippen LogP contribution is -2.19. The quantitative estimate of drug-likeness (QED) is 0.174. The molecule has 56 heavy (non-hydrogen) atoms. The van der Waals surface area contributed by atoms with Gasteiger partial charge in [0, 0.05) is 80.1 Å². The van der Waals surface area contributed by atoms with Gasteiger partial charge in [0.15, 0.2) is 0 Å². The predicted octanol–water partition coefficient (Wildman–Crippen LogP) is 15.5. The Morgan fingerprint density at radius 2 is 1.23 bits per heavy atom. The van der Waals surface area contributed by atoms with Crippen LogP contribution in [0.15, 0.2) is 163 Å². The molecule has 1 aliphatic heterocycles. The second-order valence-electron chi connectivity index (χ2n) is 16.4. The number of fused-ring (bicyclic) bond motifs is 13. The van der Waals surface area contributed by atoms with Crippen LogP contribution in [0.1, 0.15) is 72.9 Å². The number of nitrogens with zero attached hydrogens (tertiary/aromatic N) is 1. The molecule has 0 amide bonds. The van der Waals surface area contributed by atoms with E-state index in [9.17, 15) is 0 Å². The Bertz CT molecular complexity index is 3190. The van der Waals surface area contributed by atoms with Crippen molar-refractivity contribution in [1.29, 1.82) is 0 Å². The largest absolute Gasteiger partial charge is 0.313 e. The van der Waals surface area contributed by atoms with E-state index in [2.05, 4.69) is 184 Å². The van der Waals surface area contributed by atoms with Crippen LogP contribution in [0, 0.1) is 0 Å². The van der Waals surface area contributed by atoms with Crippen LogP contribution in [0.25, 0.3) is 57.0 Å². The Morgan fingerprint density at radius 1 is 0.607 bits per heavy atom. The minimum absolute atomic E-state index is 0.186. The fraction of sp³-hybridized carbons (Fsp3) is 0.132. The van der Waals surface area contributed by atoms with Crippen molar-refractivity contribution in [3.8, 4) is 11.1 Å². The fourth-order valence-electron chi connectivity index (χ4n) is 10.5. The summed E-state index contributed by atoms with van der Waals surface area (Å²) < 4.78 is 5.53. The van der Waals surface area contributed by atoms with Crippen molar-refractivity contribution in [3.63, 3.8) is 0 Å². The third kappa shape index (κ3) is 4.30. The highest BCUT2D eigenvalue weighted by molar-refractivity contribution is 7.26. The van der Waals surface area contributed by atoms with Crippen LogP contribution in [-0.4, -0.2) is 0 Å². The first kappa shape index (κ1) is 32.5. The number of benzene rings is 7. The maximum Gasteiger partial charge on any atom is 0.0511 e. The molecule has 2 atom stereocenters. The third-order valence-corrected chi connectivity index (χ3v) is 15.6. The van der Waals surface area contributed by atoms with E-state index in [1.54, 1.807) is 0 Å². The molecule has 0 bridgehead atoms. The Morgan fingerprint density at radius 3 is 1.96 bits per heavy atom. The number of para-hydroxylation sites is 1. The SMILES string of the molecule is CC1=C(/C=C2\C(C)c3c(ccc4c3sc3ccccc34)N2c2ccccc2)C(C)(C)c2cc3c(cc21)-c1c(ccc2c1sc1ccccc12)[C@H]3c1ccccc1. The van der Waals surface area contributed by atoms with Gasteiger partial charge in [0.1, 0.15) is 0 Å². The smallest absolute Gasteiger partial charge is 0.0511 e. The molecular weight excluding hydrogens is 715 g/mol. The monoisotopic (exact) mass is 753 g/mol. The maximum atomic E-state index is 2.60. The van der Waals surface area contributed by atoms with Gasteiger partial charge in [0.2, 0.25) is 0 Å². The second-order valence-corrected chi connectivity index (χ2v) is 18.5. The zero-order valence-corrected chi connectivity index (χ0v) is 33.5. The highest BCUT2D eigenvalue weighted by Crippen LogP contribution is 2.59.